The second kappa shape index (κ2) is 7.59. The first-order chi connectivity index (χ1) is 13.3. The van der Waals surface area contributed by atoms with Gasteiger partial charge in [-0.3, -0.25) is 4.79 Å². The lowest BCUT2D eigenvalue weighted by molar-refractivity contribution is 0.0694. The zero-order valence-electron chi connectivity index (χ0n) is 16.1. The Hall–Kier alpha value is -3.55. The number of carbonyl (C=O) groups is 2. The minimum atomic E-state index is -1.06. The van der Waals surface area contributed by atoms with Gasteiger partial charge in [0.1, 0.15) is 22.8 Å². The molecule has 0 aliphatic carbocycles. The van der Waals surface area contributed by atoms with Crippen LogP contribution in [0.3, 0.4) is 0 Å². The van der Waals surface area contributed by atoms with Crippen molar-refractivity contribution in [2.45, 2.75) is 20.4 Å². The number of amides is 1. The number of carboxylic acids is 1. The third-order valence-corrected chi connectivity index (χ3v) is 4.36. The van der Waals surface area contributed by atoms with Crippen LogP contribution < -0.4 is 4.74 Å². The van der Waals surface area contributed by atoms with E-state index in [1.165, 1.54) is 11.0 Å². The van der Waals surface area contributed by atoms with Crippen molar-refractivity contribution in [2.24, 2.45) is 0 Å². The molecule has 3 aromatic rings. The molecule has 0 radical (unpaired) electrons. The van der Waals surface area contributed by atoms with Gasteiger partial charge in [0, 0.05) is 12.7 Å². The summed E-state index contributed by atoms with van der Waals surface area (Å²) in [6.07, 6.45) is 0. The molecule has 8 nitrogen and oxygen atoms in total. The average molecular weight is 383 g/mol. The van der Waals surface area contributed by atoms with Crippen LogP contribution in [0, 0.1) is 13.8 Å². The summed E-state index contributed by atoms with van der Waals surface area (Å²) >= 11 is 0. The monoisotopic (exact) mass is 383 g/mol. The maximum absolute atomic E-state index is 12.7. The summed E-state index contributed by atoms with van der Waals surface area (Å²) in [6.45, 7) is 3.58. The summed E-state index contributed by atoms with van der Waals surface area (Å²) in [7, 11) is 3.21. The van der Waals surface area contributed by atoms with E-state index in [1.807, 2.05) is 31.2 Å². The van der Waals surface area contributed by atoms with E-state index < -0.39 is 5.97 Å². The number of aromatic nitrogens is 2. The number of hydrogen-bond acceptors (Lipinski definition) is 5. The highest BCUT2D eigenvalue weighted by Gasteiger charge is 2.20. The topological polar surface area (TPSA) is 97.8 Å². The standard InChI is InChI=1S/C20H21N3O5/c1-12-9-18(21-23(12)14-5-7-15(27-4)8-6-14)19(24)22(3)11-16-10-17(20(25)26)13(2)28-16/h5-10H,11H2,1-4H3,(H,25,26). The molecule has 0 unspecified atom stereocenters. The molecule has 1 N–H and O–H groups in total. The number of methoxy groups -OCH3 is 1. The van der Waals surface area contributed by atoms with E-state index in [9.17, 15) is 9.59 Å². The van der Waals surface area contributed by atoms with Crippen LogP contribution in [0.15, 0.2) is 40.8 Å². The Labute approximate surface area is 161 Å². The number of hydrogen-bond donors (Lipinski definition) is 1. The van der Waals surface area contributed by atoms with Crippen LogP contribution in [0.1, 0.15) is 38.1 Å². The fourth-order valence-corrected chi connectivity index (χ4v) is 2.90. The smallest absolute Gasteiger partial charge is 0.339 e. The highest BCUT2D eigenvalue weighted by atomic mass is 16.5. The third-order valence-electron chi connectivity index (χ3n) is 4.36. The number of furan rings is 1. The normalized spacial score (nSPS) is 10.7. The number of carbonyl (C=O) groups excluding carboxylic acids is 1. The van der Waals surface area contributed by atoms with Crippen LogP contribution in [-0.2, 0) is 6.54 Å². The van der Waals surface area contributed by atoms with Gasteiger partial charge in [0.15, 0.2) is 5.69 Å². The van der Waals surface area contributed by atoms with Crippen molar-refractivity contribution in [3.63, 3.8) is 0 Å². The lowest BCUT2D eigenvalue weighted by Gasteiger charge is -2.14. The number of nitrogens with zero attached hydrogens (tertiary/aromatic N) is 3. The van der Waals surface area contributed by atoms with Crippen molar-refractivity contribution >= 4 is 11.9 Å². The van der Waals surface area contributed by atoms with Crippen molar-refractivity contribution in [1.29, 1.82) is 0 Å². The maximum Gasteiger partial charge on any atom is 0.339 e. The first kappa shape index (κ1) is 19.2. The maximum atomic E-state index is 12.7. The number of aryl methyl sites for hydroxylation is 2. The van der Waals surface area contributed by atoms with Crippen molar-refractivity contribution in [1.82, 2.24) is 14.7 Å². The van der Waals surface area contributed by atoms with E-state index >= 15 is 0 Å². The van der Waals surface area contributed by atoms with Crippen molar-refractivity contribution in [3.8, 4) is 11.4 Å². The first-order valence-electron chi connectivity index (χ1n) is 8.59. The lowest BCUT2D eigenvalue weighted by Crippen LogP contribution is -2.26. The molecule has 0 aliphatic rings. The van der Waals surface area contributed by atoms with E-state index in [1.54, 1.807) is 31.8 Å². The molecule has 0 spiro atoms. The van der Waals surface area contributed by atoms with Gasteiger partial charge in [-0.2, -0.15) is 5.10 Å². The molecular weight excluding hydrogens is 362 g/mol. The summed E-state index contributed by atoms with van der Waals surface area (Å²) in [5, 5.41) is 13.5. The predicted octanol–water partition coefficient (Wildman–Crippen LogP) is 3.06. The SMILES string of the molecule is COc1ccc(-n2nc(C(=O)N(C)Cc3cc(C(=O)O)c(C)o3)cc2C)cc1. The molecule has 1 aromatic carbocycles. The van der Waals surface area contributed by atoms with Gasteiger partial charge in [0.2, 0.25) is 0 Å². The van der Waals surface area contributed by atoms with E-state index in [2.05, 4.69) is 5.10 Å². The minimum Gasteiger partial charge on any atom is -0.497 e. The Balaban J connectivity index is 1.78. The fourth-order valence-electron chi connectivity index (χ4n) is 2.90. The molecule has 0 fully saturated rings. The van der Waals surface area contributed by atoms with Crippen LogP contribution in [0.5, 0.6) is 5.75 Å². The van der Waals surface area contributed by atoms with Crippen LogP contribution >= 0.6 is 0 Å². The number of benzene rings is 1. The Morgan fingerprint density at radius 2 is 1.89 bits per heavy atom. The lowest BCUT2D eigenvalue weighted by atomic mass is 10.2. The zero-order valence-corrected chi connectivity index (χ0v) is 16.1. The molecule has 0 saturated carbocycles. The van der Waals surface area contributed by atoms with Crippen molar-refractivity contribution in [3.05, 3.63) is 64.9 Å². The summed E-state index contributed by atoms with van der Waals surface area (Å²) in [5.74, 6) is 0.0933. The fraction of sp³-hybridized carbons (Fsp3) is 0.250. The van der Waals surface area contributed by atoms with Crippen molar-refractivity contribution < 1.29 is 23.8 Å². The summed E-state index contributed by atoms with van der Waals surface area (Å²) in [6, 6.07) is 10.5. The summed E-state index contributed by atoms with van der Waals surface area (Å²) in [4.78, 5) is 25.3. The van der Waals surface area contributed by atoms with Crippen molar-refractivity contribution in [2.75, 3.05) is 14.2 Å². The van der Waals surface area contributed by atoms with Gasteiger partial charge in [-0.1, -0.05) is 0 Å². The van der Waals surface area contributed by atoms with Crippen LogP contribution in [0.25, 0.3) is 5.69 Å². The number of carboxylic acid groups (broad SMARTS) is 1. The second-order valence-electron chi connectivity index (χ2n) is 6.43. The summed E-state index contributed by atoms with van der Waals surface area (Å²) < 4.78 is 12.3. The average Bonchev–Trinajstić information content (AvgIpc) is 3.23. The molecule has 0 saturated heterocycles. The van der Waals surface area contributed by atoms with E-state index in [0.29, 0.717) is 11.5 Å². The van der Waals surface area contributed by atoms with Crippen LogP contribution in [0.2, 0.25) is 0 Å². The quantitative estimate of drug-likeness (QED) is 0.703. The van der Waals surface area contributed by atoms with Gasteiger partial charge in [-0.25, -0.2) is 9.48 Å². The van der Waals surface area contributed by atoms with Gasteiger partial charge in [0.25, 0.3) is 5.91 Å². The van der Waals surface area contributed by atoms with Gasteiger partial charge in [0.05, 0.1) is 19.3 Å². The van der Waals surface area contributed by atoms with Gasteiger partial charge >= 0.3 is 5.97 Å². The van der Waals surface area contributed by atoms with E-state index in [4.69, 9.17) is 14.3 Å². The Kier molecular flexibility index (Phi) is 5.21. The number of rotatable bonds is 6. The third kappa shape index (κ3) is 3.75. The molecule has 8 heteroatoms. The van der Waals surface area contributed by atoms with Gasteiger partial charge in [-0.15, -0.1) is 0 Å². The number of ether oxygens (including phenoxy) is 1. The molecule has 28 heavy (non-hydrogen) atoms. The van der Waals surface area contributed by atoms with Gasteiger partial charge < -0.3 is 19.2 Å². The molecule has 0 atom stereocenters. The Bertz CT molecular complexity index is 1020. The second-order valence-corrected chi connectivity index (χ2v) is 6.43. The van der Waals surface area contributed by atoms with Crippen LogP contribution in [0.4, 0.5) is 0 Å². The molecule has 146 valence electrons. The molecule has 1 amide bonds. The Morgan fingerprint density at radius 1 is 1.21 bits per heavy atom. The predicted molar refractivity (Wildman–Crippen MR) is 101 cm³/mol. The van der Waals surface area contributed by atoms with E-state index in [0.717, 1.165) is 17.1 Å². The first-order valence-corrected chi connectivity index (χ1v) is 8.59. The van der Waals surface area contributed by atoms with Gasteiger partial charge in [-0.05, 0) is 50.2 Å². The van der Waals surface area contributed by atoms with Crippen LogP contribution in [-0.4, -0.2) is 45.8 Å². The molecule has 2 heterocycles. The summed E-state index contributed by atoms with van der Waals surface area (Å²) in [5.41, 5.74) is 2.00. The molecular formula is C20H21N3O5. The zero-order chi connectivity index (χ0) is 20.4. The Morgan fingerprint density at radius 3 is 2.46 bits per heavy atom. The highest BCUT2D eigenvalue weighted by molar-refractivity contribution is 5.92. The number of aromatic carboxylic acids is 1. The minimum absolute atomic E-state index is 0.0930. The largest absolute Gasteiger partial charge is 0.497 e. The van der Waals surface area contributed by atoms with E-state index in [-0.39, 0.29) is 23.7 Å². The molecule has 2 aromatic heterocycles. The molecule has 0 bridgehead atoms. The molecule has 3 rings (SSSR count). The highest BCUT2D eigenvalue weighted by Crippen LogP contribution is 2.19. The molecule has 0 aliphatic heterocycles.